The number of hydrogen-bond donors (Lipinski definition) is 1. The maximum atomic E-state index is 12.8. The van der Waals surface area contributed by atoms with Gasteiger partial charge >= 0.3 is 0 Å². The van der Waals surface area contributed by atoms with Crippen LogP contribution < -0.4 is 19.7 Å². The van der Waals surface area contributed by atoms with Gasteiger partial charge in [-0.3, -0.25) is 4.79 Å². The maximum Gasteiger partial charge on any atom is 0.255 e. The fourth-order valence-corrected chi connectivity index (χ4v) is 2.98. The molecule has 0 atom stereocenters. The Balaban J connectivity index is 1.75. The minimum Gasteiger partial charge on any atom is -0.497 e. The number of anilines is 2. The molecule has 1 saturated heterocycles. The Labute approximate surface area is 166 Å². The second-order valence-electron chi connectivity index (χ2n) is 7.17. The molecular weight excluding hydrogens is 356 g/mol. The summed E-state index contributed by atoms with van der Waals surface area (Å²) in [4.78, 5) is 15.0. The van der Waals surface area contributed by atoms with E-state index in [0.29, 0.717) is 37.1 Å². The average molecular weight is 384 g/mol. The molecule has 3 rings (SSSR count). The molecule has 1 N–H and O–H groups in total. The number of morpholine rings is 1. The van der Waals surface area contributed by atoms with E-state index in [9.17, 15) is 4.79 Å². The van der Waals surface area contributed by atoms with Crippen molar-refractivity contribution in [2.45, 2.75) is 13.8 Å². The number of carbonyl (C=O) groups is 1. The largest absolute Gasteiger partial charge is 0.497 e. The van der Waals surface area contributed by atoms with E-state index in [-0.39, 0.29) is 5.91 Å². The van der Waals surface area contributed by atoms with Crippen molar-refractivity contribution in [2.75, 3.05) is 50.2 Å². The lowest BCUT2D eigenvalue weighted by atomic mass is 10.1. The molecular formula is C22H28N2O4. The molecule has 0 saturated carbocycles. The van der Waals surface area contributed by atoms with Gasteiger partial charge < -0.3 is 24.4 Å². The van der Waals surface area contributed by atoms with Crippen LogP contribution in [0.4, 0.5) is 11.4 Å². The molecule has 0 aliphatic carbocycles. The number of hydrogen-bond acceptors (Lipinski definition) is 5. The van der Waals surface area contributed by atoms with E-state index in [1.807, 2.05) is 30.3 Å². The lowest BCUT2D eigenvalue weighted by Gasteiger charge is -2.30. The predicted octanol–water partition coefficient (Wildman–Crippen LogP) is 3.82. The van der Waals surface area contributed by atoms with Crippen molar-refractivity contribution in [2.24, 2.45) is 5.92 Å². The molecule has 1 aliphatic rings. The first-order valence-corrected chi connectivity index (χ1v) is 9.62. The zero-order valence-corrected chi connectivity index (χ0v) is 16.7. The van der Waals surface area contributed by atoms with Crippen LogP contribution in [0.3, 0.4) is 0 Å². The molecule has 0 radical (unpaired) electrons. The highest BCUT2D eigenvalue weighted by atomic mass is 16.5. The molecule has 0 aromatic heterocycles. The second-order valence-corrected chi connectivity index (χ2v) is 7.17. The molecule has 2 aromatic rings. The first-order chi connectivity index (χ1) is 13.6. The van der Waals surface area contributed by atoms with Gasteiger partial charge in [-0.05, 0) is 42.3 Å². The quantitative estimate of drug-likeness (QED) is 0.786. The van der Waals surface area contributed by atoms with E-state index in [1.165, 1.54) is 0 Å². The van der Waals surface area contributed by atoms with Gasteiger partial charge in [-0.15, -0.1) is 0 Å². The summed E-state index contributed by atoms with van der Waals surface area (Å²) in [6.45, 7) is 7.78. The third kappa shape index (κ3) is 5.16. The van der Waals surface area contributed by atoms with Crippen molar-refractivity contribution >= 4 is 17.3 Å². The normalized spacial score (nSPS) is 14.1. The van der Waals surface area contributed by atoms with E-state index in [0.717, 1.165) is 30.2 Å². The van der Waals surface area contributed by atoms with E-state index >= 15 is 0 Å². The number of nitrogens with zero attached hydrogens (tertiary/aromatic N) is 1. The molecule has 0 spiro atoms. The van der Waals surface area contributed by atoms with E-state index in [1.54, 1.807) is 19.2 Å². The lowest BCUT2D eigenvalue weighted by Crippen LogP contribution is -2.36. The van der Waals surface area contributed by atoms with Crippen LogP contribution in [0.15, 0.2) is 42.5 Å². The van der Waals surface area contributed by atoms with Gasteiger partial charge in [0.15, 0.2) is 0 Å². The van der Waals surface area contributed by atoms with E-state index in [2.05, 4.69) is 24.1 Å². The molecule has 28 heavy (non-hydrogen) atoms. The maximum absolute atomic E-state index is 12.8. The van der Waals surface area contributed by atoms with Gasteiger partial charge in [0.05, 0.1) is 38.3 Å². The third-order valence-corrected chi connectivity index (χ3v) is 4.50. The number of nitrogens with one attached hydrogen (secondary N) is 1. The Bertz CT molecular complexity index is 784. The Morgan fingerprint density at radius 2 is 1.79 bits per heavy atom. The number of benzene rings is 2. The van der Waals surface area contributed by atoms with Gasteiger partial charge in [-0.25, -0.2) is 0 Å². The van der Waals surface area contributed by atoms with Crippen molar-refractivity contribution in [1.82, 2.24) is 0 Å². The summed E-state index contributed by atoms with van der Waals surface area (Å²) in [7, 11) is 1.62. The predicted molar refractivity (Wildman–Crippen MR) is 111 cm³/mol. The van der Waals surface area contributed by atoms with Crippen molar-refractivity contribution in [1.29, 1.82) is 0 Å². The fraction of sp³-hybridized carbons (Fsp3) is 0.409. The van der Waals surface area contributed by atoms with Crippen LogP contribution in [-0.2, 0) is 4.74 Å². The average Bonchev–Trinajstić information content (AvgIpc) is 2.73. The molecule has 1 heterocycles. The number of carbonyl (C=O) groups excluding carboxylic acids is 1. The number of ether oxygens (including phenoxy) is 3. The Morgan fingerprint density at radius 1 is 1.11 bits per heavy atom. The highest BCUT2D eigenvalue weighted by Gasteiger charge is 2.17. The van der Waals surface area contributed by atoms with E-state index < -0.39 is 0 Å². The highest BCUT2D eigenvalue weighted by molar-refractivity contribution is 6.06. The first-order valence-electron chi connectivity index (χ1n) is 9.62. The third-order valence-electron chi connectivity index (χ3n) is 4.50. The van der Waals surface area contributed by atoms with Gasteiger partial charge in [0.1, 0.15) is 11.5 Å². The van der Waals surface area contributed by atoms with Crippen LogP contribution in [0.1, 0.15) is 24.2 Å². The monoisotopic (exact) mass is 384 g/mol. The Kier molecular flexibility index (Phi) is 6.76. The molecule has 0 unspecified atom stereocenters. The van der Waals surface area contributed by atoms with Crippen LogP contribution in [0.2, 0.25) is 0 Å². The van der Waals surface area contributed by atoms with Gasteiger partial charge in [-0.2, -0.15) is 0 Å². The van der Waals surface area contributed by atoms with Gasteiger partial charge in [0.25, 0.3) is 5.91 Å². The molecule has 6 nitrogen and oxygen atoms in total. The smallest absolute Gasteiger partial charge is 0.255 e. The standard InChI is InChI=1S/C22H28N2O4/c1-16(2)15-28-18-6-4-17(5-7-18)22(25)23-20-14-19(26-3)8-9-21(20)24-10-12-27-13-11-24/h4-9,14,16H,10-13,15H2,1-3H3,(H,23,25). The van der Waals surface area contributed by atoms with Gasteiger partial charge in [-0.1, -0.05) is 13.8 Å². The first kappa shape index (κ1) is 20.0. The van der Waals surface area contributed by atoms with Gasteiger partial charge in [0, 0.05) is 24.7 Å². The van der Waals surface area contributed by atoms with Crippen molar-refractivity contribution in [3.63, 3.8) is 0 Å². The lowest BCUT2D eigenvalue weighted by molar-refractivity contribution is 0.102. The second kappa shape index (κ2) is 9.46. The SMILES string of the molecule is COc1ccc(N2CCOCC2)c(NC(=O)c2ccc(OCC(C)C)cc2)c1. The number of amides is 1. The molecule has 6 heteroatoms. The zero-order valence-electron chi connectivity index (χ0n) is 16.7. The molecule has 2 aromatic carbocycles. The molecule has 1 aliphatic heterocycles. The minimum absolute atomic E-state index is 0.168. The molecule has 1 fully saturated rings. The summed E-state index contributed by atoms with van der Waals surface area (Å²) in [5, 5.41) is 3.03. The molecule has 0 bridgehead atoms. The van der Waals surface area contributed by atoms with Crippen LogP contribution >= 0.6 is 0 Å². The number of rotatable bonds is 7. The summed E-state index contributed by atoms with van der Waals surface area (Å²) < 4.78 is 16.5. The van der Waals surface area contributed by atoms with Gasteiger partial charge in [0.2, 0.25) is 0 Å². The van der Waals surface area contributed by atoms with Crippen molar-refractivity contribution < 1.29 is 19.0 Å². The summed E-state index contributed by atoms with van der Waals surface area (Å²) in [6.07, 6.45) is 0. The summed E-state index contributed by atoms with van der Waals surface area (Å²) in [5.74, 6) is 1.75. The van der Waals surface area contributed by atoms with Crippen LogP contribution in [-0.4, -0.2) is 45.9 Å². The summed E-state index contributed by atoms with van der Waals surface area (Å²) >= 11 is 0. The van der Waals surface area contributed by atoms with E-state index in [4.69, 9.17) is 14.2 Å². The topological polar surface area (TPSA) is 60.0 Å². The van der Waals surface area contributed by atoms with Crippen LogP contribution in [0.25, 0.3) is 0 Å². The summed E-state index contributed by atoms with van der Waals surface area (Å²) in [5.41, 5.74) is 2.27. The van der Waals surface area contributed by atoms with Crippen molar-refractivity contribution in [3.8, 4) is 11.5 Å². The summed E-state index contributed by atoms with van der Waals surface area (Å²) in [6, 6.07) is 12.9. The Morgan fingerprint density at radius 3 is 2.43 bits per heavy atom. The van der Waals surface area contributed by atoms with Crippen LogP contribution in [0, 0.1) is 5.92 Å². The number of methoxy groups -OCH3 is 1. The zero-order chi connectivity index (χ0) is 19.9. The minimum atomic E-state index is -0.168. The highest BCUT2D eigenvalue weighted by Crippen LogP contribution is 2.31. The molecule has 150 valence electrons. The Hall–Kier alpha value is -2.73. The van der Waals surface area contributed by atoms with Crippen LogP contribution in [0.5, 0.6) is 11.5 Å². The fourth-order valence-electron chi connectivity index (χ4n) is 2.98. The molecule has 1 amide bonds. The van der Waals surface area contributed by atoms with Crippen molar-refractivity contribution in [3.05, 3.63) is 48.0 Å².